The van der Waals surface area contributed by atoms with Crippen molar-refractivity contribution in [1.29, 1.82) is 5.41 Å². The molecular formula is C26H51N7O11. The van der Waals surface area contributed by atoms with Crippen LogP contribution in [0, 0.1) is 11.3 Å². The first-order valence-electron chi connectivity index (χ1n) is 14.8. The van der Waals surface area contributed by atoms with Gasteiger partial charge in [0, 0.05) is 25.0 Å². The molecule has 256 valence electrons. The van der Waals surface area contributed by atoms with Gasteiger partial charge in [-0.2, -0.15) is 0 Å². The quantitative estimate of drug-likeness (QED) is 0.0699. The predicted molar refractivity (Wildman–Crippen MR) is 154 cm³/mol. The van der Waals surface area contributed by atoms with Crippen molar-refractivity contribution in [1.82, 2.24) is 10.6 Å². The molecule has 0 aromatic rings. The summed E-state index contributed by atoms with van der Waals surface area (Å²) in [4.78, 5) is 12.9. The van der Waals surface area contributed by atoms with Crippen LogP contribution in [0.3, 0.4) is 0 Å². The van der Waals surface area contributed by atoms with Crippen molar-refractivity contribution in [2.24, 2.45) is 28.9 Å². The number of hydrogen-bond acceptors (Lipinski definition) is 16. The Morgan fingerprint density at radius 3 is 2.36 bits per heavy atom. The number of carbonyl (C=O) groups excluding carboxylic acids is 1. The molecule has 17 N–H and O–H groups in total. The first kappa shape index (κ1) is 36.8. The zero-order chi connectivity index (χ0) is 32.9. The summed E-state index contributed by atoms with van der Waals surface area (Å²) >= 11 is 0. The number of nitrogens with one attached hydrogen (secondary N) is 3. The van der Waals surface area contributed by atoms with Gasteiger partial charge in [0.2, 0.25) is 0 Å². The van der Waals surface area contributed by atoms with Crippen LogP contribution in [0.15, 0.2) is 0 Å². The van der Waals surface area contributed by atoms with E-state index in [9.17, 15) is 35.4 Å². The van der Waals surface area contributed by atoms with Gasteiger partial charge in [-0.15, -0.1) is 0 Å². The molecule has 0 aromatic heterocycles. The number of aliphatic hydroxyl groups is 6. The van der Waals surface area contributed by atoms with E-state index >= 15 is 0 Å². The van der Waals surface area contributed by atoms with E-state index in [4.69, 9.17) is 47.3 Å². The van der Waals surface area contributed by atoms with E-state index in [1.54, 1.807) is 6.92 Å². The highest BCUT2D eigenvalue weighted by atomic mass is 16.7. The lowest BCUT2D eigenvalue weighted by atomic mass is 9.82. The Bertz CT molecular complexity index is 952. The Labute approximate surface area is 255 Å². The summed E-state index contributed by atoms with van der Waals surface area (Å²) < 4.78 is 23.7. The van der Waals surface area contributed by atoms with Crippen molar-refractivity contribution in [3.05, 3.63) is 0 Å². The van der Waals surface area contributed by atoms with Crippen LogP contribution in [0.25, 0.3) is 0 Å². The smallest absolute Gasteiger partial charge is 0.251 e. The molecule has 1 aliphatic carbocycles. The van der Waals surface area contributed by atoms with Crippen LogP contribution in [-0.4, -0.2) is 154 Å². The van der Waals surface area contributed by atoms with Gasteiger partial charge in [-0.3, -0.25) is 10.2 Å². The summed E-state index contributed by atoms with van der Waals surface area (Å²) in [6.07, 6.45) is -12.6. The largest absolute Gasteiger partial charge is 0.389 e. The van der Waals surface area contributed by atoms with Crippen LogP contribution in [0.4, 0.5) is 0 Å². The van der Waals surface area contributed by atoms with Crippen LogP contribution in [0.5, 0.6) is 0 Å². The van der Waals surface area contributed by atoms with E-state index in [0.717, 1.165) is 0 Å². The summed E-state index contributed by atoms with van der Waals surface area (Å²) in [5.74, 6) is -1.66. The third-order valence-corrected chi connectivity index (χ3v) is 8.71. The Balaban J connectivity index is 1.79. The average molecular weight is 638 g/mol. The lowest BCUT2D eigenvalue weighted by molar-refractivity contribution is -0.314. The fourth-order valence-corrected chi connectivity index (χ4v) is 5.49. The van der Waals surface area contributed by atoms with Crippen LogP contribution >= 0.6 is 0 Å². The van der Waals surface area contributed by atoms with E-state index in [2.05, 4.69) is 10.6 Å². The number of rotatable bonds is 12. The van der Waals surface area contributed by atoms with Gasteiger partial charge in [0.25, 0.3) is 5.91 Å². The van der Waals surface area contributed by atoms with Crippen molar-refractivity contribution < 1.29 is 54.4 Å². The van der Waals surface area contributed by atoms with Crippen LogP contribution in [0.2, 0.25) is 0 Å². The van der Waals surface area contributed by atoms with E-state index in [1.807, 2.05) is 0 Å². The Morgan fingerprint density at radius 2 is 1.73 bits per heavy atom. The standard InChI is InChI=1S/C26H51N7O11/c1-10-17(35)25(41-9-26(10,2)40)44-22-14(33-23(39)19(37)18(36)15(34)6-27)5-13(30)21(20(22)38)43-24-12(29)4-3-11(42-24)8-32-16(31)7-28/h10-15,17-22,24-25,34-38,40H,3-9,27-30H2,1-2H3,(H2,31,32)(H,33,39)/t10-,11+,12?,13+,14-,15+,17?,18+,19+,20?,21?,22?,24-,25-,26?/m1/s1. The maximum absolute atomic E-state index is 12.9. The summed E-state index contributed by atoms with van der Waals surface area (Å²) in [5.41, 5.74) is 22.1. The molecule has 0 aromatic carbocycles. The van der Waals surface area contributed by atoms with Gasteiger partial charge in [0.15, 0.2) is 18.7 Å². The van der Waals surface area contributed by atoms with Crippen molar-refractivity contribution in [2.45, 2.75) is 118 Å². The second-order valence-electron chi connectivity index (χ2n) is 12.2. The lowest BCUT2D eigenvalue weighted by Gasteiger charge is -2.48. The third-order valence-electron chi connectivity index (χ3n) is 8.71. The number of amidine groups is 1. The topological polar surface area (TPSA) is 327 Å². The minimum atomic E-state index is -2.08. The highest BCUT2D eigenvalue weighted by molar-refractivity contribution is 5.81. The number of aliphatic hydroxyl groups excluding tert-OH is 5. The van der Waals surface area contributed by atoms with Gasteiger partial charge in [-0.05, 0) is 26.2 Å². The second-order valence-corrected chi connectivity index (χ2v) is 12.2. The molecule has 2 heterocycles. The normalized spacial score (nSPS) is 41.8. The summed E-state index contributed by atoms with van der Waals surface area (Å²) in [6.45, 7) is 2.81. The van der Waals surface area contributed by atoms with Crippen LogP contribution in [0.1, 0.15) is 33.1 Å². The molecule has 1 saturated carbocycles. The van der Waals surface area contributed by atoms with E-state index in [0.29, 0.717) is 12.8 Å². The highest BCUT2D eigenvalue weighted by Gasteiger charge is 2.51. The van der Waals surface area contributed by atoms with Crippen molar-refractivity contribution in [3.8, 4) is 0 Å². The summed E-state index contributed by atoms with van der Waals surface area (Å²) in [6, 6.07) is -2.60. The van der Waals surface area contributed by atoms with Crippen LogP contribution < -0.4 is 33.6 Å². The monoisotopic (exact) mass is 637 g/mol. The number of nitrogens with two attached hydrogens (primary N) is 4. The summed E-state index contributed by atoms with van der Waals surface area (Å²) in [7, 11) is 0. The molecule has 3 rings (SSSR count). The molecule has 18 nitrogen and oxygen atoms in total. The molecule has 44 heavy (non-hydrogen) atoms. The molecule has 2 saturated heterocycles. The minimum Gasteiger partial charge on any atom is -0.389 e. The predicted octanol–water partition coefficient (Wildman–Crippen LogP) is -6.16. The van der Waals surface area contributed by atoms with Gasteiger partial charge >= 0.3 is 0 Å². The Hall–Kier alpha value is -1.62. The number of ether oxygens (including phenoxy) is 4. The van der Waals surface area contributed by atoms with E-state index < -0.39 is 97.4 Å². The zero-order valence-electron chi connectivity index (χ0n) is 25.1. The van der Waals surface area contributed by atoms with Crippen molar-refractivity contribution in [2.75, 3.05) is 26.2 Å². The fraction of sp³-hybridized carbons (Fsp3) is 0.923. The zero-order valence-corrected chi connectivity index (χ0v) is 25.1. The van der Waals surface area contributed by atoms with Gasteiger partial charge in [0.05, 0.1) is 43.0 Å². The Kier molecular flexibility index (Phi) is 13.2. The van der Waals surface area contributed by atoms with Crippen molar-refractivity contribution >= 4 is 11.7 Å². The number of carbonyl (C=O) groups is 1. The molecular weight excluding hydrogens is 586 g/mol. The Morgan fingerprint density at radius 1 is 1.07 bits per heavy atom. The molecule has 1 amide bonds. The summed E-state index contributed by atoms with van der Waals surface area (Å²) in [5, 5.41) is 76.2. The second kappa shape index (κ2) is 15.8. The van der Waals surface area contributed by atoms with Gasteiger partial charge in [-0.1, -0.05) is 6.92 Å². The van der Waals surface area contributed by atoms with E-state index in [-0.39, 0.29) is 38.1 Å². The SMILES string of the molecule is C[C@@H]1C(O)[C@@H](OC2C(O)C(O[C@H]3O[C@H](CNC(=N)CN)CCC3N)[C@@H](N)C[C@H]2NC(=O)[C@@H](O)[C@@H](O)[C@@H](O)CN)OCC1(C)O. The maximum Gasteiger partial charge on any atom is 0.251 e. The van der Waals surface area contributed by atoms with Crippen molar-refractivity contribution in [3.63, 3.8) is 0 Å². The molecule has 3 aliphatic rings. The molecule has 6 unspecified atom stereocenters. The minimum absolute atomic E-state index is 0.0354. The van der Waals surface area contributed by atoms with Crippen LogP contribution in [-0.2, 0) is 23.7 Å². The average Bonchev–Trinajstić information content (AvgIpc) is 2.99. The molecule has 15 atom stereocenters. The number of amides is 1. The maximum atomic E-state index is 12.9. The molecule has 0 bridgehead atoms. The van der Waals surface area contributed by atoms with E-state index in [1.165, 1.54) is 6.92 Å². The first-order valence-corrected chi connectivity index (χ1v) is 14.8. The lowest BCUT2D eigenvalue weighted by Crippen LogP contribution is -2.68. The molecule has 2 aliphatic heterocycles. The molecule has 0 radical (unpaired) electrons. The number of hydrogen-bond donors (Lipinski definition) is 13. The van der Waals surface area contributed by atoms with Gasteiger partial charge < -0.3 is 83.2 Å². The molecule has 0 spiro atoms. The fourth-order valence-electron chi connectivity index (χ4n) is 5.49. The van der Waals surface area contributed by atoms with Gasteiger partial charge in [-0.25, -0.2) is 0 Å². The molecule has 18 heteroatoms. The van der Waals surface area contributed by atoms with Gasteiger partial charge in [0.1, 0.15) is 36.4 Å². The third kappa shape index (κ3) is 8.80. The molecule has 3 fully saturated rings. The highest BCUT2D eigenvalue weighted by Crippen LogP contribution is 2.34. The first-order chi connectivity index (χ1) is 20.6.